The maximum Gasteiger partial charge on any atom is 0.0466 e. The van der Waals surface area contributed by atoms with Crippen LogP contribution in [0.2, 0.25) is 0 Å². The molecule has 0 radical (unpaired) electrons. The van der Waals surface area contributed by atoms with Crippen molar-refractivity contribution < 1.29 is 4.74 Å². The quantitative estimate of drug-likeness (QED) is 0.749. The number of nitrogens with two attached hydrogens (primary N) is 1. The zero-order valence-electron chi connectivity index (χ0n) is 10.6. The fourth-order valence-corrected chi connectivity index (χ4v) is 1.71. The number of hydrogen-bond acceptors (Lipinski definition) is 2. The molecule has 0 aliphatic heterocycles. The van der Waals surface area contributed by atoms with Crippen LogP contribution in [0, 0.1) is 13.8 Å². The van der Waals surface area contributed by atoms with E-state index in [1.807, 2.05) is 6.92 Å². The second-order valence-corrected chi connectivity index (χ2v) is 4.29. The van der Waals surface area contributed by atoms with Crippen molar-refractivity contribution in [2.24, 2.45) is 5.73 Å². The van der Waals surface area contributed by atoms with E-state index in [9.17, 15) is 0 Å². The molecular weight excluding hydrogens is 198 g/mol. The van der Waals surface area contributed by atoms with E-state index >= 15 is 0 Å². The molecule has 2 N–H and O–H groups in total. The smallest absolute Gasteiger partial charge is 0.0466 e. The van der Waals surface area contributed by atoms with E-state index in [4.69, 9.17) is 10.5 Å². The van der Waals surface area contributed by atoms with Crippen molar-refractivity contribution in [3.05, 3.63) is 34.9 Å². The third-order valence-corrected chi connectivity index (χ3v) is 2.97. The summed E-state index contributed by atoms with van der Waals surface area (Å²) in [5.41, 5.74) is 10.0. The summed E-state index contributed by atoms with van der Waals surface area (Å²) in [4.78, 5) is 0. The third-order valence-electron chi connectivity index (χ3n) is 2.97. The Morgan fingerprint density at radius 3 is 2.62 bits per heavy atom. The van der Waals surface area contributed by atoms with E-state index in [1.165, 1.54) is 16.7 Å². The van der Waals surface area contributed by atoms with Gasteiger partial charge >= 0.3 is 0 Å². The lowest BCUT2D eigenvalue weighted by Gasteiger charge is -2.13. The van der Waals surface area contributed by atoms with Crippen LogP contribution in [0.25, 0.3) is 0 Å². The predicted molar refractivity (Wildman–Crippen MR) is 68.6 cm³/mol. The van der Waals surface area contributed by atoms with E-state index in [2.05, 4.69) is 32.0 Å². The van der Waals surface area contributed by atoms with Crippen molar-refractivity contribution in [2.45, 2.75) is 39.7 Å². The van der Waals surface area contributed by atoms with E-state index in [0.29, 0.717) is 0 Å². The second-order valence-electron chi connectivity index (χ2n) is 4.29. The third kappa shape index (κ3) is 3.95. The summed E-state index contributed by atoms with van der Waals surface area (Å²) < 4.78 is 5.31. The summed E-state index contributed by atoms with van der Waals surface area (Å²) in [6.07, 6.45) is 2.02. The molecule has 0 bridgehead atoms. The van der Waals surface area contributed by atoms with Gasteiger partial charge in [0.1, 0.15) is 0 Å². The molecule has 0 aliphatic rings. The minimum absolute atomic E-state index is 0.139. The van der Waals surface area contributed by atoms with Crippen LogP contribution in [0.5, 0.6) is 0 Å². The first kappa shape index (κ1) is 13.2. The zero-order valence-corrected chi connectivity index (χ0v) is 10.6. The summed E-state index contributed by atoms with van der Waals surface area (Å²) in [7, 11) is 0. The van der Waals surface area contributed by atoms with Crippen molar-refractivity contribution in [3.8, 4) is 0 Å². The monoisotopic (exact) mass is 221 g/mol. The zero-order chi connectivity index (χ0) is 12.0. The first-order valence-corrected chi connectivity index (χ1v) is 6.05. The molecule has 0 saturated heterocycles. The van der Waals surface area contributed by atoms with Crippen molar-refractivity contribution in [1.82, 2.24) is 0 Å². The highest BCUT2D eigenvalue weighted by Crippen LogP contribution is 2.18. The summed E-state index contributed by atoms with van der Waals surface area (Å²) >= 11 is 0. The Balaban J connectivity index is 2.46. The van der Waals surface area contributed by atoms with Crippen LogP contribution in [0.15, 0.2) is 18.2 Å². The summed E-state index contributed by atoms with van der Waals surface area (Å²) in [5, 5.41) is 0. The highest BCUT2D eigenvalue weighted by Gasteiger charge is 2.06. The van der Waals surface area contributed by atoms with Gasteiger partial charge in [-0.3, -0.25) is 0 Å². The Bertz CT molecular complexity index is 323. The summed E-state index contributed by atoms with van der Waals surface area (Å²) in [6, 6.07) is 6.61. The molecular formula is C14H23NO. The van der Waals surface area contributed by atoms with Crippen LogP contribution in [-0.2, 0) is 4.74 Å². The van der Waals surface area contributed by atoms with Crippen LogP contribution < -0.4 is 5.73 Å². The van der Waals surface area contributed by atoms with Gasteiger partial charge in [0.05, 0.1) is 0 Å². The van der Waals surface area contributed by atoms with Crippen LogP contribution in [0.1, 0.15) is 42.5 Å². The normalized spacial score (nSPS) is 12.8. The number of ether oxygens (including phenoxy) is 1. The summed E-state index contributed by atoms with van der Waals surface area (Å²) in [6.45, 7) is 7.88. The molecule has 0 spiro atoms. The van der Waals surface area contributed by atoms with Crippen LogP contribution in [0.4, 0.5) is 0 Å². The lowest BCUT2D eigenvalue weighted by molar-refractivity contribution is 0.142. The minimum atomic E-state index is 0.139. The largest absolute Gasteiger partial charge is 0.382 e. The molecule has 1 aromatic rings. The van der Waals surface area contributed by atoms with Gasteiger partial charge in [-0.25, -0.2) is 0 Å². The Morgan fingerprint density at radius 1 is 1.25 bits per heavy atom. The van der Waals surface area contributed by atoms with Gasteiger partial charge < -0.3 is 10.5 Å². The molecule has 1 atom stereocenters. The predicted octanol–water partition coefficient (Wildman–Crippen LogP) is 3.12. The van der Waals surface area contributed by atoms with E-state index in [1.54, 1.807) is 0 Å². The molecule has 0 aliphatic carbocycles. The van der Waals surface area contributed by atoms with Crippen LogP contribution in [0.3, 0.4) is 0 Å². The van der Waals surface area contributed by atoms with Crippen molar-refractivity contribution >= 4 is 0 Å². The molecule has 0 fully saturated rings. The number of hydrogen-bond donors (Lipinski definition) is 1. The highest BCUT2D eigenvalue weighted by atomic mass is 16.5. The molecule has 1 aromatic carbocycles. The number of benzene rings is 1. The van der Waals surface area contributed by atoms with Gasteiger partial charge in [0.25, 0.3) is 0 Å². The average Bonchev–Trinajstić information content (AvgIpc) is 2.28. The Morgan fingerprint density at radius 2 is 2.00 bits per heavy atom. The average molecular weight is 221 g/mol. The van der Waals surface area contributed by atoms with E-state index < -0.39 is 0 Å². The molecule has 2 nitrogen and oxygen atoms in total. The van der Waals surface area contributed by atoms with Gasteiger partial charge in [-0.1, -0.05) is 18.2 Å². The highest BCUT2D eigenvalue weighted by molar-refractivity contribution is 5.31. The van der Waals surface area contributed by atoms with Crippen molar-refractivity contribution in [3.63, 3.8) is 0 Å². The topological polar surface area (TPSA) is 35.2 Å². The molecule has 1 unspecified atom stereocenters. The molecule has 0 aromatic heterocycles. The van der Waals surface area contributed by atoms with Gasteiger partial charge in [0.2, 0.25) is 0 Å². The molecule has 0 heterocycles. The van der Waals surface area contributed by atoms with Crippen molar-refractivity contribution in [1.29, 1.82) is 0 Å². The van der Waals surface area contributed by atoms with E-state index in [-0.39, 0.29) is 6.04 Å². The standard InChI is InChI=1S/C14H23NO/c1-4-16-9-5-6-14(15)13-8-7-11(2)12(3)10-13/h7-8,10,14H,4-6,9,15H2,1-3H3. The molecule has 0 saturated carbocycles. The minimum Gasteiger partial charge on any atom is -0.382 e. The number of rotatable bonds is 6. The maximum atomic E-state index is 6.14. The number of aryl methyl sites for hydroxylation is 2. The lowest BCUT2D eigenvalue weighted by Crippen LogP contribution is -2.11. The first-order chi connectivity index (χ1) is 7.65. The molecule has 2 heteroatoms. The van der Waals surface area contributed by atoms with Gasteiger partial charge in [-0.15, -0.1) is 0 Å². The van der Waals surface area contributed by atoms with Gasteiger partial charge in [0, 0.05) is 19.3 Å². The van der Waals surface area contributed by atoms with E-state index in [0.717, 1.165) is 26.1 Å². The molecule has 90 valence electrons. The Labute approximate surface area is 98.8 Å². The van der Waals surface area contributed by atoms with Gasteiger partial charge in [-0.2, -0.15) is 0 Å². The van der Waals surface area contributed by atoms with Crippen LogP contribution in [-0.4, -0.2) is 13.2 Å². The second kappa shape index (κ2) is 6.66. The first-order valence-electron chi connectivity index (χ1n) is 6.05. The van der Waals surface area contributed by atoms with Crippen LogP contribution >= 0.6 is 0 Å². The van der Waals surface area contributed by atoms with Gasteiger partial charge in [0.15, 0.2) is 0 Å². The molecule has 16 heavy (non-hydrogen) atoms. The maximum absolute atomic E-state index is 6.14. The Kier molecular flexibility index (Phi) is 5.50. The Hall–Kier alpha value is -0.860. The van der Waals surface area contributed by atoms with Gasteiger partial charge in [-0.05, 0) is 50.3 Å². The fraction of sp³-hybridized carbons (Fsp3) is 0.571. The fourth-order valence-electron chi connectivity index (χ4n) is 1.71. The lowest BCUT2D eigenvalue weighted by atomic mass is 9.99. The molecule has 0 amide bonds. The van der Waals surface area contributed by atoms with Crippen molar-refractivity contribution in [2.75, 3.05) is 13.2 Å². The SMILES string of the molecule is CCOCCCC(N)c1ccc(C)c(C)c1. The molecule has 1 rings (SSSR count). The summed E-state index contributed by atoms with van der Waals surface area (Å²) in [5.74, 6) is 0.